The highest BCUT2D eigenvalue weighted by Gasteiger charge is 2.33. The van der Waals surface area contributed by atoms with E-state index in [1.165, 1.54) is 14.2 Å². The number of nitrogens with one attached hydrogen (secondary N) is 2. The van der Waals surface area contributed by atoms with Crippen LogP contribution in [0.25, 0.3) is 0 Å². The minimum atomic E-state index is -3.47. The number of carbonyl (C=O) groups is 1. The predicted molar refractivity (Wildman–Crippen MR) is 109 cm³/mol. The summed E-state index contributed by atoms with van der Waals surface area (Å²) in [7, 11) is -0.468. The van der Waals surface area contributed by atoms with Crippen LogP contribution in [-0.4, -0.2) is 46.9 Å². The van der Waals surface area contributed by atoms with Crippen molar-refractivity contribution >= 4 is 15.9 Å². The fraction of sp³-hybridized carbons (Fsp3) is 0.650. The molecule has 2 rings (SSSR count). The Hall–Kier alpha value is -1.80. The lowest BCUT2D eigenvalue weighted by atomic mass is 9.71. The monoisotopic (exact) mass is 412 g/mol. The third-order valence-electron chi connectivity index (χ3n) is 5.00. The van der Waals surface area contributed by atoms with E-state index in [2.05, 4.69) is 30.8 Å². The van der Waals surface area contributed by atoms with Crippen LogP contribution in [0.4, 0.5) is 0 Å². The van der Waals surface area contributed by atoms with Crippen molar-refractivity contribution in [2.45, 2.75) is 46.1 Å². The second-order valence-corrected chi connectivity index (χ2v) is 10.3. The highest BCUT2D eigenvalue weighted by molar-refractivity contribution is 7.89. The molecular formula is C20H32N2O5S. The maximum Gasteiger partial charge on any atom is 0.251 e. The van der Waals surface area contributed by atoms with E-state index in [1.54, 1.807) is 18.2 Å². The molecule has 0 aliphatic heterocycles. The Kier molecular flexibility index (Phi) is 7.33. The molecule has 1 aliphatic carbocycles. The van der Waals surface area contributed by atoms with Gasteiger partial charge in [-0.25, -0.2) is 13.1 Å². The number of hydrogen-bond acceptors (Lipinski definition) is 5. The molecule has 1 aliphatic rings. The zero-order valence-corrected chi connectivity index (χ0v) is 18.2. The van der Waals surface area contributed by atoms with Crippen LogP contribution in [0.5, 0.6) is 11.5 Å². The lowest BCUT2D eigenvalue weighted by molar-refractivity contribution is 0.0955. The van der Waals surface area contributed by atoms with E-state index < -0.39 is 10.0 Å². The zero-order chi connectivity index (χ0) is 20.9. The van der Waals surface area contributed by atoms with Gasteiger partial charge in [0.05, 0.1) is 20.0 Å². The molecule has 0 saturated heterocycles. The normalized spacial score (nSPS) is 21.8. The van der Waals surface area contributed by atoms with Crippen molar-refractivity contribution < 1.29 is 22.7 Å². The first-order valence-electron chi connectivity index (χ1n) is 9.55. The van der Waals surface area contributed by atoms with Gasteiger partial charge in [-0.1, -0.05) is 20.8 Å². The number of rotatable bonds is 8. The number of ether oxygens (including phenoxy) is 2. The average molecular weight is 413 g/mol. The van der Waals surface area contributed by atoms with Crippen LogP contribution < -0.4 is 19.5 Å². The zero-order valence-electron chi connectivity index (χ0n) is 17.4. The van der Waals surface area contributed by atoms with Crippen molar-refractivity contribution in [3.63, 3.8) is 0 Å². The van der Waals surface area contributed by atoms with Crippen molar-refractivity contribution in [2.75, 3.05) is 26.5 Å². The first kappa shape index (κ1) is 22.5. The van der Waals surface area contributed by atoms with Crippen molar-refractivity contribution in [1.29, 1.82) is 0 Å². The minimum Gasteiger partial charge on any atom is -0.497 e. The van der Waals surface area contributed by atoms with Gasteiger partial charge in [-0.2, -0.15) is 0 Å². The van der Waals surface area contributed by atoms with E-state index in [0.29, 0.717) is 23.0 Å². The van der Waals surface area contributed by atoms with Crippen LogP contribution in [0, 0.1) is 11.3 Å². The van der Waals surface area contributed by atoms with Crippen molar-refractivity contribution in [3.05, 3.63) is 23.8 Å². The van der Waals surface area contributed by atoms with Crippen LogP contribution in [0.2, 0.25) is 0 Å². The quantitative estimate of drug-likeness (QED) is 0.684. The molecule has 0 heterocycles. The molecule has 1 aromatic rings. The van der Waals surface area contributed by atoms with E-state index in [4.69, 9.17) is 9.47 Å². The molecule has 1 aromatic carbocycles. The van der Waals surface area contributed by atoms with E-state index in [9.17, 15) is 13.2 Å². The van der Waals surface area contributed by atoms with Gasteiger partial charge in [-0.05, 0) is 42.7 Å². The number of amides is 1. The molecule has 158 valence electrons. The number of sulfonamides is 1. The SMILES string of the molecule is COc1cc(OC)cc(C(=O)NCCS(=O)(=O)N[C@@H]2C[C@H](C)CC(C)(C)C2)c1. The van der Waals surface area contributed by atoms with Crippen LogP contribution in [0.3, 0.4) is 0 Å². The molecule has 2 N–H and O–H groups in total. The minimum absolute atomic E-state index is 0.0271. The van der Waals surface area contributed by atoms with Gasteiger partial charge in [-0.15, -0.1) is 0 Å². The summed E-state index contributed by atoms with van der Waals surface area (Å²) in [6.45, 7) is 6.53. The first-order valence-corrected chi connectivity index (χ1v) is 11.2. The smallest absolute Gasteiger partial charge is 0.251 e. The first-order chi connectivity index (χ1) is 13.0. The van der Waals surface area contributed by atoms with Gasteiger partial charge in [-0.3, -0.25) is 4.79 Å². The topological polar surface area (TPSA) is 93.7 Å². The molecule has 0 spiro atoms. The molecule has 1 amide bonds. The Bertz CT molecular complexity index is 770. The molecule has 0 bridgehead atoms. The summed E-state index contributed by atoms with van der Waals surface area (Å²) < 4.78 is 38.0. The number of hydrogen-bond donors (Lipinski definition) is 2. The van der Waals surface area contributed by atoms with Crippen LogP contribution in [0.15, 0.2) is 18.2 Å². The van der Waals surface area contributed by atoms with Crippen molar-refractivity contribution in [1.82, 2.24) is 10.0 Å². The van der Waals surface area contributed by atoms with Gasteiger partial charge < -0.3 is 14.8 Å². The van der Waals surface area contributed by atoms with Gasteiger partial charge in [0.15, 0.2) is 0 Å². The largest absolute Gasteiger partial charge is 0.497 e. The molecule has 0 aromatic heterocycles. The van der Waals surface area contributed by atoms with Crippen LogP contribution in [-0.2, 0) is 10.0 Å². The van der Waals surface area contributed by atoms with Crippen LogP contribution in [0.1, 0.15) is 50.4 Å². The number of methoxy groups -OCH3 is 2. The summed E-state index contributed by atoms with van der Waals surface area (Å²) in [6.07, 6.45) is 2.77. The maximum atomic E-state index is 12.4. The highest BCUT2D eigenvalue weighted by Crippen LogP contribution is 2.38. The summed E-state index contributed by atoms with van der Waals surface area (Å²) >= 11 is 0. The van der Waals surface area contributed by atoms with Gasteiger partial charge in [0, 0.05) is 24.2 Å². The summed E-state index contributed by atoms with van der Waals surface area (Å²) in [6, 6.07) is 4.77. The van der Waals surface area contributed by atoms with E-state index >= 15 is 0 Å². The summed E-state index contributed by atoms with van der Waals surface area (Å²) in [4.78, 5) is 12.3. The molecule has 0 radical (unpaired) electrons. The third kappa shape index (κ3) is 6.67. The van der Waals surface area contributed by atoms with Gasteiger partial charge in [0.1, 0.15) is 11.5 Å². The predicted octanol–water partition coefficient (Wildman–Crippen LogP) is 2.57. The van der Waals surface area contributed by atoms with Crippen molar-refractivity contribution in [3.8, 4) is 11.5 Å². The standard InChI is InChI=1S/C20H32N2O5S/c1-14-8-16(13-20(2,3)12-14)22-28(24,25)7-6-21-19(23)15-9-17(26-4)11-18(10-15)27-5/h9-11,14,16,22H,6-8,12-13H2,1-5H3,(H,21,23)/t14-,16+/m0/s1. The molecule has 7 nitrogen and oxygen atoms in total. The lowest BCUT2D eigenvalue weighted by Gasteiger charge is -2.39. The number of benzene rings is 1. The number of carbonyl (C=O) groups excluding carboxylic acids is 1. The van der Waals surface area contributed by atoms with Crippen molar-refractivity contribution in [2.24, 2.45) is 11.3 Å². The maximum absolute atomic E-state index is 12.4. The Morgan fingerprint density at radius 1 is 1.14 bits per heavy atom. The highest BCUT2D eigenvalue weighted by atomic mass is 32.2. The lowest BCUT2D eigenvalue weighted by Crippen LogP contribution is -2.45. The molecule has 28 heavy (non-hydrogen) atoms. The van der Waals surface area contributed by atoms with Gasteiger partial charge in [0.2, 0.25) is 10.0 Å². The molecule has 2 atom stereocenters. The van der Waals surface area contributed by atoms with E-state index in [-0.39, 0.29) is 29.7 Å². The summed E-state index contributed by atoms with van der Waals surface area (Å²) in [5.41, 5.74) is 0.481. The Labute approximate surface area is 168 Å². The second-order valence-electron chi connectivity index (χ2n) is 8.40. The Balaban J connectivity index is 1.90. The fourth-order valence-electron chi connectivity index (χ4n) is 4.09. The molecular weight excluding hydrogens is 380 g/mol. The van der Waals surface area contributed by atoms with Crippen LogP contribution >= 0.6 is 0 Å². The van der Waals surface area contributed by atoms with Gasteiger partial charge in [0.25, 0.3) is 5.91 Å². The van der Waals surface area contributed by atoms with E-state index in [0.717, 1.165) is 19.3 Å². The van der Waals surface area contributed by atoms with Gasteiger partial charge >= 0.3 is 0 Å². The Morgan fingerprint density at radius 3 is 2.29 bits per heavy atom. The third-order valence-corrected chi connectivity index (χ3v) is 6.44. The average Bonchev–Trinajstić information content (AvgIpc) is 2.58. The van der Waals surface area contributed by atoms with E-state index in [1.807, 2.05) is 0 Å². The fourth-order valence-corrected chi connectivity index (χ4v) is 5.26. The molecule has 0 unspecified atom stereocenters. The molecule has 8 heteroatoms. The molecule has 1 saturated carbocycles. The summed E-state index contributed by atoms with van der Waals surface area (Å²) in [5.74, 6) is 0.935. The Morgan fingerprint density at radius 2 is 1.75 bits per heavy atom. The molecule has 1 fully saturated rings. The second kappa shape index (κ2) is 9.13. The summed E-state index contributed by atoms with van der Waals surface area (Å²) in [5, 5.41) is 2.65.